The molecule has 0 aliphatic carbocycles. The number of ether oxygens (including phenoxy) is 1. The first-order valence-corrected chi connectivity index (χ1v) is 3.19. The molecule has 0 bridgehead atoms. The van der Waals surface area contributed by atoms with Crippen LogP contribution < -0.4 is 10.5 Å². The van der Waals surface area contributed by atoms with Gasteiger partial charge >= 0.3 is 5.97 Å². The normalized spacial score (nSPS) is 9.42. The molecule has 0 saturated carbocycles. The first-order valence-electron chi connectivity index (χ1n) is 3.19. The SMILES string of the molecule is COc1ccc(N)c(C(=O)O)n1. The van der Waals surface area contributed by atoms with Gasteiger partial charge in [0.1, 0.15) is 0 Å². The number of methoxy groups -OCH3 is 1. The van der Waals surface area contributed by atoms with E-state index in [1.807, 2.05) is 0 Å². The minimum Gasteiger partial charge on any atom is -0.481 e. The number of rotatable bonds is 2. The number of nitrogen functional groups attached to an aromatic ring is 1. The molecule has 1 aromatic rings. The van der Waals surface area contributed by atoms with Crippen molar-refractivity contribution in [3.05, 3.63) is 17.8 Å². The molecule has 0 unspecified atom stereocenters. The lowest BCUT2D eigenvalue weighted by Crippen LogP contribution is -2.06. The van der Waals surface area contributed by atoms with Gasteiger partial charge in [-0.25, -0.2) is 9.78 Å². The fourth-order valence-electron chi connectivity index (χ4n) is 0.737. The predicted octanol–water partition coefficient (Wildman–Crippen LogP) is 0.371. The molecule has 64 valence electrons. The number of carbonyl (C=O) groups is 1. The highest BCUT2D eigenvalue weighted by Gasteiger charge is 2.10. The van der Waals surface area contributed by atoms with Gasteiger partial charge in [-0.1, -0.05) is 0 Å². The quantitative estimate of drug-likeness (QED) is 0.666. The number of hydrogen-bond acceptors (Lipinski definition) is 4. The fraction of sp³-hybridized carbons (Fsp3) is 0.143. The van der Waals surface area contributed by atoms with E-state index >= 15 is 0 Å². The van der Waals surface area contributed by atoms with Gasteiger partial charge < -0.3 is 15.6 Å². The van der Waals surface area contributed by atoms with Crippen LogP contribution in [0.5, 0.6) is 5.88 Å². The van der Waals surface area contributed by atoms with E-state index in [2.05, 4.69) is 4.98 Å². The molecule has 3 N–H and O–H groups in total. The number of carboxylic acid groups (broad SMARTS) is 1. The van der Waals surface area contributed by atoms with E-state index in [1.54, 1.807) is 0 Å². The van der Waals surface area contributed by atoms with Gasteiger partial charge in [-0.05, 0) is 6.07 Å². The molecule has 1 aromatic heterocycles. The summed E-state index contributed by atoms with van der Waals surface area (Å²) in [5, 5.41) is 8.59. The second kappa shape index (κ2) is 3.08. The number of nitrogens with two attached hydrogens (primary N) is 1. The predicted molar refractivity (Wildman–Crippen MR) is 42.2 cm³/mol. The molecule has 12 heavy (non-hydrogen) atoms. The van der Waals surface area contributed by atoms with Crippen LogP contribution in [0.15, 0.2) is 12.1 Å². The maximum Gasteiger partial charge on any atom is 0.356 e. The molecule has 1 heterocycles. The number of anilines is 1. The zero-order valence-corrected chi connectivity index (χ0v) is 6.44. The highest BCUT2D eigenvalue weighted by Crippen LogP contribution is 2.13. The highest BCUT2D eigenvalue weighted by molar-refractivity contribution is 5.91. The number of hydrogen-bond donors (Lipinski definition) is 2. The van der Waals surface area contributed by atoms with Gasteiger partial charge in [-0.15, -0.1) is 0 Å². The smallest absolute Gasteiger partial charge is 0.356 e. The topological polar surface area (TPSA) is 85.4 Å². The Labute approximate surface area is 68.8 Å². The van der Waals surface area contributed by atoms with Crippen LogP contribution in [0.4, 0.5) is 5.69 Å². The van der Waals surface area contributed by atoms with Gasteiger partial charge in [0.2, 0.25) is 5.88 Å². The third kappa shape index (κ3) is 1.45. The molecule has 0 fully saturated rings. The fourth-order valence-corrected chi connectivity index (χ4v) is 0.737. The molecule has 0 radical (unpaired) electrons. The summed E-state index contributed by atoms with van der Waals surface area (Å²) < 4.78 is 4.73. The summed E-state index contributed by atoms with van der Waals surface area (Å²) >= 11 is 0. The molecule has 1 rings (SSSR count). The molecule has 5 heteroatoms. The standard InChI is InChI=1S/C7H8N2O3/c1-12-5-3-2-4(8)6(9-5)7(10)11/h2-3H,8H2,1H3,(H,10,11). The van der Waals surface area contributed by atoms with E-state index in [9.17, 15) is 4.79 Å². The van der Waals surface area contributed by atoms with Crippen LogP contribution in [0.2, 0.25) is 0 Å². The number of pyridine rings is 1. The van der Waals surface area contributed by atoms with E-state index in [0.29, 0.717) is 0 Å². The van der Waals surface area contributed by atoms with Crippen LogP contribution in [0.3, 0.4) is 0 Å². The lowest BCUT2D eigenvalue weighted by atomic mass is 10.3. The van der Waals surface area contributed by atoms with E-state index in [-0.39, 0.29) is 17.3 Å². The number of aromatic carboxylic acids is 1. The van der Waals surface area contributed by atoms with Gasteiger partial charge in [-0.2, -0.15) is 0 Å². The van der Waals surface area contributed by atoms with Crippen molar-refractivity contribution >= 4 is 11.7 Å². The van der Waals surface area contributed by atoms with E-state index < -0.39 is 5.97 Å². The van der Waals surface area contributed by atoms with Crippen molar-refractivity contribution in [1.29, 1.82) is 0 Å². The third-order valence-corrected chi connectivity index (χ3v) is 1.31. The lowest BCUT2D eigenvalue weighted by molar-refractivity contribution is 0.0691. The van der Waals surface area contributed by atoms with Crippen LogP contribution in [0.1, 0.15) is 10.5 Å². The monoisotopic (exact) mass is 168 g/mol. The largest absolute Gasteiger partial charge is 0.481 e. The molecule has 0 aliphatic heterocycles. The molecule has 5 nitrogen and oxygen atoms in total. The zero-order chi connectivity index (χ0) is 9.14. The third-order valence-electron chi connectivity index (χ3n) is 1.31. The van der Waals surface area contributed by atoms with Crippen molar-refractivity contribution in [1.82, 2.24) is 4.98 Å². The van der Waals surface area contributed by atoms with Crippen LogP contribution in [0.25, 0.3) is 0 Å². The zero-order valence-electron chi connectivity index (χ0n) is 6.44. The summed E-state index contributed by atoms with van der Waals surface area (Å²) in [6, 6.07) is 2.94. The molecule has 0 amide bonds. The van der Waals surface area contributed by atoms with E-state index in [0.717, 1.165) is 0 Å². The van der Waals surface area contributed by atoms with Gasteiger partial charge in [0, 0.05) is 6.07 Å². The molecular weight excluding hydrogens is 160 g/mol. The molecule has 0 atom stereocenters. The highest BCUT2D eigenvalue weighted by atomic mass is 16.5. The number of carboxylic acids is 1. The summed E-state index contributed by atoms with van der Waals surface area (Å²) in [5.41, 5.74) is 5.29. The average molecular weight is 168 g/mol. The Kier molecular flexibility index (Phi) is 2.14. The molecule has 0 spiro atoms. The Morgan fingerprint density at radius 1 is 1.67 bits per heavy atom. The van der Waals surface area contributed by atoms with Crippen LogP contribution >= 0.6 is 0 Å². The van der Waals surface area contributed by atoms with Crippen LogP contribution in [0, 0.1) is 0 Å². The maximum absolute atomic E-state index is 10.5. The molecule has 0 aromatic carbocycles. The van der Waals surface area contributed by atoms with E-state index in [1.165, 1.54) is 19.2 Å². The lowest BCUT2D eigenvalue weighted by Gasteiger charge is -2.01. The summed E-state index contributed by atoms with van der Waals surface area (Å²) in [5.74, 6) is -0.923. The van der Waals surface area contributed by atoms with Crippen molar-refractivity contribution in [2.75, 3.05) is 12.8 Å². The maximum atomic E-state index is 10.5. The first-order chi connectivity index (χ1) is 5.65. The average Bonchev–Trinajstić information content (AvgIpc) is 2.05. The van der Waals surface area contributed by atoms with Crippen LogP contribution in [-0.2, 0) is 0 Å². The van der Waals surface area contributed by atoms with Crippen LogP contribution in [-0.4, -0.2) is 23.2 Å². The van der Waals surface area contributed by atoms with Crippen molar-refractivity contribution in [3.63, 3.8) is 0 Å². The van der Waals surface area contributed by atoms with Crippen molar-refractivity contribution in [2.45, 2.75) is 0 Å². The summed E-state index contributed by atoms with van der Waals surface area (Å²) in [6.07, 6.45) is 0. The molecule has 0 saturated heterocycles. The summed E-state index contributed by atoms with van der Waals surface area (Å²) in [7, 11) is 1.41. The Hall–Kier alpha value is -1.78. The van der Waals surface area contributed by atoms with Gasteiger partial charge in [0.25, 0.3) is 0 Å². The summed E-state index contributed by atoms with van der Waals surface area (Å²) in [4.78, 5) is 14.1. The number of nitrogens with zero attached hydrogens (tertiary/aromatic N) is 1. The van der Waals surface area contributed by atoms with E-state index in [4.69, 9.17) is 15.6 Å². The second-order valence-corrected chi connectivity index (χ2v) is 2.10. The van der Waals surface area contributed by atoms with Crippen molar-refractivity contribution in [2.24, 2.45) is 0 Å². The second-order valence-electron chi connectivity index (χ2n) is 2.10. The molecular formula is C7H8N2O3. The number of aromatic nitrogens is 1. The Morgan fingerprint density at radius 2 is 2.33 bits per heavy atom. The molecule has 0 aliphatic rings. The van der Waals surface area contributed by atoms with Gasteiger partial charge in [0.05, 0.1) is 12.8 Å². The van der Waals surface area contributed by atoms with Gasteiger partial charge in [-0.3, -0.25) is 0 Å². The Morgan fingerprint density at radius 3 is 2.83 bits per heavy atom. The summed E-state index contributed by atoms with van der Waals surface area (Å²) in [6.45, 7) is 0. The van der Waals surface area contributed by atoms with Gasteiger partial charge in [0.15, 0.2) is 5.69 Å². The van der Waals surface area contributed by atoms with Crippen molar-refractivity contribution in [3.8, 4) is 5.88 Å². The Balaban J connectivity index is 3.17. The minimum absolute atomic E-state index is 0.128. The first kappa shape index (κ1) is 8.32. The minimum atomic E-state index is -1.16. The van der Waals surface area contributed by atoms with Crippen molar-refractivity contribution < 1.29 is 14.6 Å². The Bertz CT molecular complexity index is 312.